The Kier molecular flexibility index (Phi) is 5.04. The molecule has 20 heavy (non-hydrogen) atoms. The number of nitrogens with one attached hydrogen (secondary N) is 1. The van der Waals surface area contributed by atoms with Crippen molar-refractivity contribution in [2.45, 2.75) is 33.9 Å². The molecule has 0 atom stereocenters. The Hall–Kier alpha value is -1.52. The summed E-state index contributed by atoms with van der Waals surface area (Å²) in [6.45, 7) is 7.85. The highest BCUT2D eigenvalue weighted by Crippen LogP contribution is 2.27. The number of nitrogens with zero attached hydrogens (tertiary/aromatic N) is 1. The van der Waals surface area contributed by atoms with Crippen LogP contribution < -0.4 is 10.1 Å². The molecule has 108 valence electrons. The molecule has 0 fully saturated rings. The molecule has 4 nitrogen and oxygen atoms in total. The van der Waals surface area contributed by atoms with E-state index in [-0.39, 0.29) is 0 Å². The van der Waals surface area contributed by atoms with Crippen LogP contribution in [0.4, 0.5) is 0 Å². The molecular formula is C15H19ClN2O2. The lowest BCUT2D eigenvalue weighted by Gasteiger charge is -2.13. The van der Waals surface area contributed by atoms with Gasteiger partial charge in [0, 0.05) is 17.1 Å². The second kappa shape index (κ2) is 6.77. The molecule has 0 amide bonds. The van der Waals surface area contributed by atoms with Crippen LogP contribution in [0.15, 0.2) is 22.7 Å². The maximum Gasteiger partial charge on any atom is 0.140 e. The number of hydrogen-bond acceptors (Lipinski definition) is 4. The zero-order valence-corrected chi connectivity index (χ0v) is 12.8. The second-order valence-electron chi connectivity index (χ2n) is 4.59. The molecule has 2 rings (SSSR count). The predicted octanol–water partition coefficient (Wildman–Crippen LogP) is 3.63. The van der Waals surface area contributed by atoms with E-state index in [2.05, 4.69) is 17.4 Å². The van der Waals surface area contributed by atoms with Crippen molar-refractivity contribution in [3.63, 3.8) is 0 Å². The molecule has 0 aliphatic heterocycles. The molecular weight excluding hydrogens is 276 g/mol. The van der Waals surface area contributed by atoms with Crippen LogP contribution in [0.5, 0.6) is 5.75 Å². The molecule has 0 saturated heterocycles. The second-order valence-corrected chi connectivity index (χ2v) is 5.00. The fraction of sp³-hybridized carbons (Fsp3) is 0.400. The quantitative estimate of drug-likeness (QED) is 0.884. The van der Waals surface area contributed by atoms with Gasteiger partial charge in [-0.05, 0) is 32.5 Å². The van der Waals surface area contributed by atoms with Crippen LogP contribution in [-0.4, -0.2) is 11.7 Å². The van der Waals surface area contributed by atoms with Gasteiger partial charge >= 0.3 is 0 Å². The summed E-state index contributed by atoms with van der Waals surface area (Å²) in [5.41, 5.74) is 2.82. The SMILES string of the molecule is CCNCc1c(Cl)cccc1OCc1c(C)noc1C. The lowest BCUT2D eigenvalue weighted by atomic mass is 10.2. The van der Waals surface area contributed by atoms with Crippen LogP contribution in [0, 0.1) is 13.8 Å². The number of rotatable bonds is 6. The molecule has 0 saturated carbocycles. The molecule has 0 unspecified atom stereocenters. The van der Waals surface area contributed by atoms with E-state index in [4.69, 9.17) is 20.9 Å². The predicted molar refractivity (Wildman–Crippen MR) is 79.1 cm³/mol. The van der Waals surface area contributed by atoms with Crippen molar-refractivity contribution in [1.29, 1.82) is 0 Å². The molecule has 1 aromatic heterocycles. The summed E-state index contributed by atoms with van der Waals surface area (Å²) in [5, 5.41) is 7.90. The van der Waals surface area contributed by atoms with Crippen LogP contribution in [0.1, 0.15) is 29.5 Å². The van der Waals surface area contributed by atoms with Crippen molar-refractivity contribution in [1.82, 2.24) is 10.5 Å². The minimum atomic E-state index is 0.431. The van der Waals surface area contributed by atoms with Gasteiger partial charge in [-0.3, -0.25) is 0 Å². The smallest absolute Gasteiger partial charge is 0.140 e. The van der Waals surface area contributed by atoms with E-state index in [0.717, 1.165) is 34.9 Å². The van der Waals surface area contributed by atoms with Crippen LogP contribution in [0.2, 0.25) is 5.02 Å². The molecule has 0 aliphatic rings. The minimum absolute atomic E-state index is 0.431. The Labute approximate surface area is 124 Å². The number of ether oxygens (including phenoxy) is 1. The monoisotopic (exact) mass is 294 g/mol. The maximum atomic E-state index is 6.24. The topological polar surface area (TPSA) is 47.3 Å². The van der Waals surface area contributed by atoms with Crippen LogP contribution in [-0.2, 0) is 13.2 Å². The number of benzene rings is 1. The molecule has 1 aromatic carbocycles. The third-order valence-corrected chi connectivity index (χ3v) is 3.53. The van der Waals surface area contributed by atoms with Crippen LogP contribution in [0.25, 0.3) is 0 Å². The molecule has 5 heteroatoms. The van der Waals surface area contributed by atoms with Gasteiger partial charge in [0.05, 0.1) is 11.3 Å². The van der Waals surface area contributed by atoms with Crippen molar-refractivity contribution < 1.29 is 9.26 Å². The fourth-order valence-electron chi connectivity index (χ4n) is 1.95. The Morgan fingerprint density at radius 3 is 2.75 bits per heavy atom. The lowest BCUT2D eigenvalue weighted by molar-refractivity contribution is 0.298. The van der Waals surface area contributed by atoms with Gasteiger partial charge in [-0.15, -0.1) is 0 Å². The van der Waals surface area contributed by atoms with Gasteiger partial charge in [0.2, 0.25) is 0 Å². The summed E-state index contributed by atoms with van der Waals surface area (Å²) in [4.78, 5) is 0. The Bertz CT molecular complexity index is 562. The van der Waals surface area contributed by atoms with Crippen molar-refractivity contribution in [2.75, 3.05) is 6.54 Å². The summed E-state index contributed by atoms with van der Waals surface area (Å²) in [7, 11) is 0. The number of halogens is 1. The maximum absolute atomic E-state index is 6.24. The summed E-state index contributed by atoms with van der Waals surface area (Å²) in [6.07, 6.45) is 0. The van der Waals surface area contributed by atoms with E-state index in [1.165, 1.54) is 0 Å². The van der Waals surface area contributed by atoms with E-state index < -0.39 is 0 Å². The minimum Gasteiger partial charge on any atom is -0.488 e. The average molecular weight is 295 g/mol. The number of aromatic nitrogens is 1. The van der Waals surface area contributed by atoms with Gasteiger partial charge in [-0.2, -0.15) is 0 Å². The van der Waals surface area contributed by atoms with Gasteiger partial charge in [0.25, 0.3) is 0 Å². The summed E-state index contributed by atoms with van der Waals surface area (Å²) < 4.78 is 11.0. The van der Waals surface area contributed by atoms with E-state index in [0.29, 0.717) is 18.2 Å². The fourth-order valence-corrected chi connectivity index (χ4v) is 2.19. The number of aryl methyl sites for hydroxylation is 2. The highest BCUT2D eigenvalue weighted by atomic mass is 35.5. The van der Waals surface area contributed by atoms with Crippen molar-refractivity contribution in [3.05, 3.63) is 45.8 Å². The molecule has 2 aromatic rings. The molecule has 1 heterocycles. The van der Waals surface area contributed by atoms with Crippen LogP contribution in [0.3, 0.4) is 0 Å². The van der Waals surface area contributed by atoms with Crippen molar-refractivity contribution in [3.8, 4) is 5.75 Å². The van der Waals surface area contributed by atoms with Crippen molar-refractivity contribution in [2.24, 2.45) is 0 Å². The van der Waals surface area contributed by atoms with E-state index in [1.807, 2.05) is 32.0 Å². The van der Waals surface area contributed by atoms with E-state index >= 15 is 0 Å². The van der Waals surface area contributed by atoms with Crippen LogP contribution >= 0.6 is 11.6 Å². The van der Waals surface area contributed by atoms with Crippen molar-refractivity contribution >= 4 is 11.6 Å². The largest absolute Gasteiger partial charge is 0.488 e. The summed E-state index contributed by atoms with van der Waals surface area (Å²) in [5.74, 6) is 1.58. The van der Waals surface area contributed by atoms with Gasteiger partial charge < -0.3 is 14.6 Å². The summed E-state index contributed by atoms with van der Waals surface area (Å²) in [6, 6.07) is 5.69. The Balaban J connectivity index is 2.15. The normalized spacial score (nSPS) is 10.8. The third kappa shape index (κ3) is 3.32. The molecule has 0 spiro atoms. The zero-order valence-electron chi connectivity index (χ0n) is 12.0. The highest BCUT2D eigenvalue weighted by Gasteiger charge is 2.12. The molecule has 0 aliphatic carbocycles. The van der Waals surface area contributed by atoms with Gasteiger partial charge in [-0.1, -0.05) is 29.7 Å². The van der Waals surface area contributed by atoms with Gasteiger partial charge in [-0.25, -0.2) is 0 Å². The van der Waals surface area contributed by atoms with Gasteiger partial charge in [0.1, 0.15) is 18.1 Å². The zero-order chi connectivity index (χ0) is 14.5. The first-order valence-electron chi connectivity index (χ1n) is 6.66. The lowest BCUT2D eigenvalue weighted by Crippen LogP contribution is -2.13. The summed E-state index contributed by atoms with van der Waals surface area (Å²) >= 11 is 6.24. The first kappa shape index (κ1) is 14.9. The Morgan fingerprint density at radius 1 is 1.30 bits per heavy atom. The standard InChI is InChI=1S/C15H19ClN2O2/c1-4-17-8-12-14(16)6-5-7-15(12)19-9-13-10(2)18-20-11(13)3/h5-7,17H,4,8-9H2,1-3H3. The first-order chi connectivity index (χ1) is 9.63. The average Bonchev–Trinajstić information content (AvgIpc) is 2.75. The van der Waals surface area contributed by atoms with E-state index in [9.17, 15) is 0 Å². The molecule has 1 N–H and O–H groups in total. The van der Waals surface area contributed by atoms with E-state index in [1.54, 1.807) is 0 Å². The molecule has 0 bridgehead atoms. The molecule has 0 radical (unpaired) electrons. The number of hydrogen-bond donors (Lipinski definition) is 1. The third-order valence-electron chi connectivity index (χ3n) is 3.18. The highest BCUT2D eigenvalue weighted by molar-refractivity contribution is 6.31. The first-order valence-corrected chi connectivity index (χ1v) is 7.04. The van der Waals surface area contributed by atoms with Gasteiger partial charge in [0.15, 0.2) is 0 Å². The Morgan fingerprint density at radius 2 is 2.10 bits per heavy atom.